The van der Waals surface area contributed by atoms with Crippen molar-refractivity contribution in [1.82, 2.24) is 5.32 Å². The fraction of sp³-hybridized carbons (Fsp3) is 0.429. The lowest BCUT2D eigenvalue weighted by molar-refractivity contribution is -0.150. The van der Waals surface area contributed by atoms with Crippen molar-refractivity contribution in [1.29, 1.82) is 0 Å². The van der Waals surface area contributed by atoms with Crippen molar-refractivity contribution in [3.8, 4) is 0 Å². The number of carbonyl (C=O) groups excluding carboxylic acids is 2. The van der Waals surface area contributed by atoms with Crippen molar-refractivity contribution >= 4 is 11.9 Å². The summed E-state index contributed by atoms with van der Waals surface area (Å²) in [4.78, 5) is 23.4. The number of rotatable bonds is 3. The zero-order valence-electron chi connectivity index (χ0n) is 10.4. The second-order valence-electron chi connectivity index (χ2n) is 4.38. The lowest BCUT2D eigenvalue weighted by Gasteiger charge is -2.30. The van der Waals surface area contributed by atoms with Crippen molar-refractivity contribution in [2.75, 3.05) is 13.2 Å². The molecule has 1 saturated heterocycles. The summed E-state index contributed by atoms with van der Waals surface area (Å²) in [5.74, 6) is -0.611. The lowest BCUT2D eigenvalue weighted by Crippen LogP contribution is -2.43. The number of carbonyl (C=O) groups is 2. The Balaban J connectivity index is 2.21. The highest BCUT2D eigenvalue weighted by Crippen LogP contribution is 2.31. The van der Waals surface area contributed by atoms with Gasteiger partial charge < -0.3 is 10.1 Å². The van der Waals surface area contributed by atoms with Crippen LogP contribution in [0, 0.1) is 5.92 Å². The third kappa shape index (κ3) is 2.70. The molecule has 18 heavy (non-hydrogen) atoms. The van der Waals surface area contributed by atoms with E-state index < -0.39 is 0 Å². The van der Waals surface area contributed by atoms with Crippen LogP contribution in [-0.2, 0) is 14.3 Å². The molecule has 0 aliphatic carbocycles. The Hall–Kier alpha value is -1.84. The summed E-state index contributed by atoms with van der Waals surface area (Å²) in [6.07, 6.45) is 0.341. The first kappa shape index (κ1) is 12.6. The summed E-state index contributed by atoms with van der Waals surface area (Å²) in [5.41, 5.74) is 1.02. The van der Waals surface area contributed by atoms with Gasteiger partial charge in [0.15, 0.2) is 0 Å². The van der Waals surface area contributed by atoms with Gasteiger partial charge in [-0.15, -0.1) is 0 Å². The average molecular weight is 247 g/mol. The topological polar surface area (TPSA) is 55.4 Å². The molecule has 4 heteroatoms. The van der Waals surface area contributed by atoms with Crippen LogP contribution in [0.2, 0.25) is 0 Å². The molecule has 1 heterocycles. The van der Waals surface area contributed by atoms with Gasteiger partial charge in [-0.2, -0.15) is 0 Å². The number of ether oxygens (including phenoxy) is 1. The molecule has 0 radical (unpaired) electrons. The standard InChI is InChI=1S/C14H17NO3/c1-2-18-14(17)12-9-15-13(16)8-11(12)10-6-4-3-5-7-10/h3-7,11-12H,2,8-9H2,1H3,(H,15,16). The van der Waals surface area contributed by atoms with E-state index in [-0.39, 0.29) is 23.7 Å². The Bertz CT molecular complexity index is 430. The Labute approximate surface area is 106 Å². The van der Waals surface area contributed by atoms with E-state index in [1.165, 1.54) is 0 Å². The molecule has 4 nitrogen and oxygen atoms in total. The predicted octanol–water partition coefficient (Wildman–Crippen LogP) is 1.47. The largest absolute Gasteiger partial charge is 0.466 e. The van der Waals surface area contributed by atoms with Gasteiger partial charge in [0.1, 0.15) is 0 Å². The summed E-state index contributed by atoms with van der Waals surface area (Å²) < 4.78 is 5.08. The van der Waals surface area contributed by atoms with Crippen molar-refractivity contribution in [3.63, 3.8) is 0 Å². The molecule has 2 atom stereocenters. The molecule has 0 saturated carbocycles. The Morgan fingerprint density at radius 3 is 2.78 bits per heavy atom. The molecule has 1 fully saturated rings. The van der Waals surface area contributed by atoms with Gasteiger partial charge >= 0.3 is 5.97 Å². The SMILES string of the molecule is CCOC(=O)C1CNC(=O)CC1c1ccccc1. The lowest BCUT2D eigenvalue weighted by atomic mass is 9.81. The maximum absolute atomic E-state index is 11.9. The molecular formula is C14H17NO3. The minimum absolute atomic E-state index is 0.00981. The molecule has 1 N–H and O–H groups in total. The molecular weight excluding hydrogens is 230 g/mol. The van der Waals surface area contributed by atoms with Crippen LogP contribution in [0.3, 0.4) is 0 Å². The number of nitrogens with one attached hydrogen (secondary N) is 1. The molecule has 0 spiro atoms. The fourth-order valence-corrected chi connectivity index (χ4v) is 2.33. The van der Waals surface area contributed by atoms with Crippen molar-refractivity contribution in [2.24, 2.45) is 5.92 Å². The molecule has 96 valence electrons. The van der Waals surface area contributed by atoms with Crippen molar-refractivity contribution in [3.05, 3.63) is 35.9 Å². The van der Waals surface area contributed by atoms with Crippen LogP contribution in [0.1, 0.15) is 24.8 Å². The van der Waals surface area contributed by atoms with Gasteiger partial charge in [0.25, 0.3) is 0 Å². The molecule has 0 bridgehead atoms. The number of hydrogen-bond acceptors (Lipinski definition) is 3. The zero-order valence-corrected chi connectivity index (χ0v) is 10.4. The smallest absolute Gasteiger partial charge is 0.311 e. The molecule has 1 aromatic rings. The number of piperidine rings is 1. The van der Waals surface area contributed by atoms with Crippen LogP contribution < -0.4 is 5.32 Å². The summed E-state index contributed by atoms with van der Waals surface area (Å²) in [7, 11) is 0. The first-order chi connectivity index (χ1) is 8.72. The number of esters is 1. The highest BCUT2D eigenvalue weighted by atomic mass is 16.5. The predicted molar refractivity (Wildman–Crippen MR) is 66.9 cm³/mol. The van der Waals surface area contributed by atoms with Gasteiger partial charge in [-0.05, 0) is 12.5 Å². The molecule has 1 aliphatic heterocycles. The van der Waals surface area contributed by atoms with Crippen LogP contribution in [0.15, 0.2) is 30.3 Å². The van der Waals surface area contributed by atoms with E-state index in [2.05, 4.69) is 5.32 Å². The van der Waals surface area contributed by atoms with E-state index >= 15 is 0 Å². The summed E-state index contributed by atoms with van der Waals surface area (Å²) in [6, 6.07) is 9.67. The second-order valence-corrected chi connectivity index (χ2v) is 4.38. The van der Waals surface area contributed by atoms with E-state index in [0.717, 1.165) is 5.56 Å². The summed E-state index contributed by atoms with van der Waals surface area (Å²) in [5, 5.41) is 2.73. The van der Waals surface area contributed by atoms with Crippen LogP contribution >= 0.6 is 0 Å². The number of benzene rings is 1. The molecule has 1 aromatic carbocycles. The molecule has 2 unspecified atom stereocenters. The van der Waals surface area contributed by atoms with Crippen molar-refractivity contribution < 1.29 is 14.3 Å². The number of hydrogen-bond donors (Lipinski definition) is 1. The van der Waals surface area contributed by atoms with Gasteiger partial charge in [-0.1, -0.05) is 30.3 Å². The van der Waals surface area contributed by atoms with E-state index in [1.54, 1.807) is 6.92 Å². The number of amides is 1. The third-order valence-corrected chi connectivity index (χ3v) is 3.23. The van der Waals surface area contributed by atoms with E-state index in [4.69, 9.17) is 4.74 Å². The van der Waals surface area contributed by atoms with Crippen LogP contribution in [0.25, 0.3) is 0 Å². The minimum atomic E-state index is -0.287. The van der Waals surface area contributed by atoms with E-state index in [9.17, 15) is 9.59 Å². The van der Waals surface area contributed by atoms with Crippen molar-refractivity contribution in [2.45, 2.75) is 19.3 Å². The van der Waals surface area contributed by atoms with Gasteiger partial charge in [0, 0.05) is 18.9 Å². The maximum atomic E-state index is 11.9. The van der Waals surface area contributed by atoms with Gasteiger partial charge in [0.05, 0.1) is 12.5 Å². The van der Waals surface area contributed by atoms with Crippen LogP contribution in [-0.4, -0.2) is 25.0 Å². The Morgan fingerprint density at radius 2 is 2.11 bits per heavy atom. The summed E-state index contributed by atoms with van der Waals surface area (Å²) in [6.45, 7) is 2.51. The highest BCUT2D eigenvalue weighted by Gasteiger charge is 2.36. The molecule has 2 rings (SSSR count). The van der Waals surface area contributed by atoms with Crippen LogP contribution in [0.4, 0.5) is 0 Å². The maximum Gasteiger partial charge on any atom is 0.311 e. The Kier molecular flexibility index (Phi) is 3.97. The monoisotopic (exact) mass is 247 g/mol. The normalized spacial score (nSPS) is 23.3. The van der Waals surface area contributed by atoms with Crippen LogP contribution in [0.5, 0.6) is 0 Å². The fourth-order valence-electron chi connectivity index (χ4n) is 2.33. The second kappa shape index (κ2) is 5.67. The highest BCUT2D eigenvalue weighted by molar-refractivity contribution is 5.83. The first-order valence-corrected chi connectivity index (χ1v) is 6.20. The molecule has 1 aliphatic rings. The quantitative estimate of drug-likeness (QED) is 0.823. The average Bonchev–Trinajstić information content (AvgIpc) is 2.40. The van der Waals surface area contributed by atoms with Gasteiger partial charge in [0.2, 0.25) is 5.91 Å². The van der Waals surface area contributed by atoms with E-state index in [0.29, 0.717) is 19.6 Å². The summed E-state index contributed by atoms with van der Waals surface area (Å²) >= 11 is 0. The molecule has 0 aromatic heterocycles. The van der Waals surface area contributed by atoms with Gasteiger partial charge in [-0.25, -0.2) is 0 Å². The minimum Gasteiger partial charge on any atom is -0.466 e. The van der Waals surface area contributed by atoms with Gasteiger partial charge in [-0.3, -0.25) is 9.59 Å². The third-order valence-electron chi connectivity index (χ3n) is 3.23. The van der Waals surface area contributed by atoms with E-state index in [1.807, 2.05) is 30.3 Å². The zero-order chi connectivity index (χ0) is 13.0. The Morgan fingerprint density at radius 1 is 1.39 bits per heavy atom. The molecule has 1 amide bonds. The first-order valence-electron chi connectivity index (χ1n) is 6.20.